The van der Waals surface area contributed by atoms with E-state index >= 15 is 0 Å². The molecule has 0 aromatic heterocycles. The molecule has 0 aliphatic carbocycles. The minimum atomic E-state index is -0.388. The quantitative estimate of drug-likeness (QED) is 0.828. The second-order valence-electron chi connectivity index (χ2n) is 4.40. The molecule has 0 unspecified atom stereocenters. The molecular weight excluding hydrogens is 270 g/mol. The average molecular weight is 287 g/mol. The smallest absolute Gasteiger partial charge is 0.339 e. The van der Waals surface area contributed by atoms with E-state index in [2.05, 4.69) is 5.32 Å². The summed E-state index contributed by atoms with van der Waals surface area (Å²) in [6, 6.07) is 12.2. The van der Waals surface area contributed by atoms with E-state index in [1.54, 1.807) is 30.3 Å². The van der Waals surface area contributed by atoms with Gasteiger partial charge in [-0.05, 0) is 29.8 Å². The summed E-state index contributed by atoms with van der Waals surface area (Å²) in [6.45, 7) is 0.491. The fourth-order valence-corrected chi connectivity index (χ4v) is 1.95. The van der Waals surface area contributed by atoms with Gasteiger partial charge < -0.3 is 19.9 Å². The highest BCUT2D eigenvalue weighted by Gasteiger charge is 2.10. The first kappa shape index (κ1) is 14.7. The van der Waals surface area contributed by atoms with Crippen LogP contribution in [0.25, 0.3) is 0 Å². The van der Waals surface area contributed by atoms with Gasteiger partial charge in [0, 0.05) is 12.2 Å². The fraction of sp³-hybridized carbons (Fsp3) is 0.188. The van der Waals surface area contributed by atoms with E-state index in [0.717, 1.165) is 5.56 Å². The number of carbonyl (C=O) groups is 1. The van der Waals surface area contributed by atoms with Crippen molar-refractivity contribution in [1.29, 1.82) is 0 Å². The largest absolute Gasteiger partial charge is 0.504 e. The molecule has 0 saturated heterocycles. The van der Waals surface area contributed by atoms with Crippen LogP contribution in [-0.4, -0.2) is 25.3 Å². The Morgan fingerprint density at radius 3 is 2.67 bits per heavy atom. The number of rotatable bonds is 5. The molecule has 0 saturated carbocycles. The van der Waals surface area contributed by atoms with Crippen molar-refractivity contribution in [2.24, 2.45) is 0 Å². The van der Waals surface area contributed by atoms with Crippen LogP contribution in [0.3, 0.4) is 0 Å². The lowest BCUT2D eigenvalue weighted by Crippen LogP contribution is -2.08. The van der Waals surface area contributed by atoms with E-state index in [0.29, 0.717) is 23.5 Å². The lowest BCUT2D eigenvalue weighted by molar-refractivity contribution is 0.0602. The summed E-state index contributed by atoms with van der Waals surface area (Å²) in [5.74, 6) is 0.119. The summed E-state index contributed by atoms with van der Waals surface area (Å²) < 4.78 is 9.81. The Kier molecular flexibility index (Phi) is 4.66. The molecule has 0 amide bonds. The summed E-state index contributed by atoms with van der Waals surface area (Å²) in [7, 11) is 2.85. The number of esters is 1. The number of benzene rings is 2. The van der Waals surface area contributed by atoms with Crippen LogP contribution >= 0.6 is 0 Å². The van der Waals surface area contributed by atoms with Crippen LogP contribution in [0.4, 0.5) is 5.69 Å². The maximum Gasteiger partial charge on any atom is 0.339 e. The predicted molar refractivity (Wildman–Crippen MR) is 79.8 cm³/mol. The number of phenols is 1. The van der Waals surface area contributed by atoms with E-state index < -0.39 is 0 Å². The zero-order valence-electron chi connectivity index (χ0n) is 11.9. The highest BCUT2D eigenvalue weighted by atomic mass is 16.5. The topological polar surface area (TPSA) is 67.8 Å². The standard InChI is InChI=1S/C16H17NO4/c1-20-15-9-11(7-8-14(15)18)10-17-13-6-4-3-5-12(13)16(19)21-2/h3-9,17-18H,10H2,1-2H3. The van der Waals surface area contributed by atoms with Gasteiger partial charge in [-0.15, -0.1) is 0 Å². The Morgan fingerprint density at radius 2 is 1.95 bits per heavy atom. The third-order valence-electron chi connectivity index (χ3n) is 3.06. The number of anilines is 1. The molecule has 0 aliphatic rings. The molecule has 0 fully saturated rings. The van der Waals surface area contributed by atoms with Gasteiger partial charge in [0.25, 0.3) is 0 Å². The van der Waals surface area contributed by atoms with E-state index in [1.807, 2.05) is 12.1 Å². The molecule has 2 N–H and O–H groups in total. The summed E-state index contributed by atoms with van der Waals surface area (Å²) >= 11 is 0. The minimum Gasteiger partial charge on any atom is -0.504 e. The lowest BCUT2D eigenvalue weighted by atomic mass is 10.1. The van der Waals surface area contributed by atoms with Gasteiger partial charge in [-0.1, -0.05) is 18.2 Å². The highest BCUT2D eigenvalue weighted by molar-refractivity contribution is 5.95. The second kappa shape index (κ2) is 6.65. The molecule has 0 aliphatic heterocycles. The summed E-state index contributed by atoms with van der Waals surface area (Å²) in [5.41, 5.74) is 2.09. The van der Waals surface area contributed by atoms with Crippen molar-refractivity contribution in [1.82, 2.24) is 0 Å². The molecule has 5 heteroatoms. The van der Waals surface area contributed by atoms with Crippen molar-refractivity contribution in [3.63, 3.8) is 0 Å². The molecule has 110 valence electrons. The molecule has 0 radical (unpaired) electrons. The third kappa shape index (κ3) is 3.45. The van der Waals surface area contributed by atoms with Crippen molar-refractivity contribution in [3.05, 3.63) is 53.6 Å². The number of ether oxygens (including phenoxy) is 2. The first-order valence-corrected chi connectivity index (χ1v) is 6.42. The number of hydrogen-bond acceptors (Lipinski definition) is 5. The van der Waals surface area contributed by atoms with Gasteiger partial charge in [-0.25, -0.2) is 4.79 Å². The molecule has 0 heterocycles. The van der Waals surface area contributed by atoms with E-state index in [1.165, 1.54) is 14.2 Å². The van der Waals surface area contributed by atoms with Gasteiger partial charge in [-0.3, -0.25) is 0 Å². The predicted octanol–water partition coefficient (Wildman–Crippen LogP) is 2.80. The normalized spacial score (nSPS) is 10.0. The Morgan fingerprint density at radius 1 is 1.19 bits per heavy atom. The van der Waals surface area contributed by atoms with Crippen LogP contribution < -0.4 is 10.1 Å². The summed E-state index contributed by atoms with van der Waals surface area (Å²) in [5, 5.41) is 12.7. The molecule has 5 nitrogen and oxygen atoms in total. The molecule has 0 spiro atoms. The van der Waals surface area contributed by atoms with Crippen LogP contribution in [-0.2, 0) is 11.3 Å². The van der Waals surface area contributed by atoms with Crippen molar-refractivity contribution >= 4 is 11.7 Å². The van der Waals surface area contributed by atoms with Crippen molar-refractivity contribution in [2.75, 3.05) is 19.5 Å². The SMILES string of the molecule is COC(=O)c1ccccc1NCc1ccc(O)c(OC)c1. The van der Waals surface area contributed by atoms with Gasteiger partial charge in [0.1, 0.15) is 0 Å². The summed E-state index contributed by atoms with van der Waals surface area (Å²) in [6.07, 6.45) is 0. The molecule has 21 heavy (non-hydrogen) atoms. The van der Waals surface area contributed by atoms with Gasteiger partial charge in [0.2, 0.25) is 0 Å². The molecule has 2 rings (SSSR count). The maximum absolute atomic E-state index is 11.7. The Labute approximate surface area is 123 Å². The Balaban J connectivity index is 2.15. The third-order valence-corrected chi connectivity index (χ3v) is 3.06. The van der Waals surface area contributed by atoms with Gasteiger partial charge in [-0.2, -0.15) is 0 Å². The maximum atomic E-state index is 11.7. The van der Waals surface area contributed by atoms with Crippen LogP contribution in [0.15, 0.2) is 42.5 Å². The number of hydrogen-bond donors (Lipinski definition) is 2. The number of aromatic hydroxyl groups is 1. The lowest BCUT2D eigenvalue weighted by Gasteiger charge is -2.11. The number of methoxy groups -OCH3 is 2. The van der Waals surface area contributed by atoms with Crippen molar-refractivity contribution in [2.45, 2.75) is 6.54 Å². The molecule has 2 aromatic rings. The van der Waals surface area contributed by atoms with Crippen LogP contribution in [0.2, 0.25) is 0 Å². The fourth-order valence-electron chi connectivity index (χ4n) is 1.95. The number of nitrogens with one attached hydrogen (secondary N) is 1. The monoisotopic (exact) mass is 287 g/mol. The van der Waals surface area contributed by atoms with E-state index in [9.17, 15) is 9.90 Å². The molecule has 0 bridgehead atoms. The first-order valence-electron chi connectivity index (χ1n) is 6.42. The van der Waals surface area contributed by atoms with Crippen LogP contribution in [0.5, 0.6) is 11.5 Å². The summed E-state index contributed by atoms with van der Waals surface area (Å²) in [4.78, 5) is 11.7. The Hall–Kier alpha value is -2.69. The van der Waals surface area contributed by atoms with E-state index in [-0.39, 0.29) is 11.7 Å². The zero-order valence-corrected chi connectivity index (χ0v) is 11.9. The van der Waals surface area contributed by atoms with Crippen LogP contribution in [0, 0.1) is 0 Å². The van der Waals surface area contributed by atoms with Gasteiger partial charge >= 0.3 is 5.97 Å². The molecule has 0 atom stereocenters. The van der Waals surface area contributed by atoms with Gasteiger partial charge in [0.05, 0.1) is 19.8 Å². The van der Waals surface area contributed by atoms with Crippen LogP contribution in [0.1, 0.15) is 15.9 Å². The number of para-hydroxylation sites is 1. The minimum absolute atomic E-state index is 0.0937. The van der Waals surface area contributed by atoms with Crippen molar-refractivity contribution in [3.8, 4) is 11.5 Å². The molecule has 2 aromatic carbocycles. The zero-order chi connectivity index (χ0) is 15.2. The number of phenolic OH excluding ortho intramolecular Hbond substituents is 1. The molecular formula is C16H17NO4. The second-order valence-corrected chi connectivity index (χ2v) is 4.40. The first-order chi connectivity index (χ1) is 10.2. The number of carbonyl (C=O) groups excluding carboxylic acids is 1. The average Bonchev–Trinajstić information content (AvgIpc) is 2.53. The Bertz CT molecular complexity index is 640. The van der Waals surface area contributed by atoms with E-state index in [4.69, 9.17) is 9.47 Å². The van der Waals surface area contributed by atoms with Gasteiger partial charge in [0.15, 0.2) is 11.5 Å². The highest BCUT2D eigenvalue weighted by Crippen LogP contribution is 2.27. The van der Waals surface area contributed by atoms with Crippen molar-refractivity contribution < 1.29 is 19.4 Å².